The predicted molar refractivity (Wildman–Crippen MR) is 138 cm³/mol. The average Bonchev–Trinajstić information content (AvgIpc) is 3.57. The van der Waals surface area contributed by atoms with E-state index >= 15 is 0 Å². The molecule has 1 aliphatic heterocycles. The number of nitrogens with one attached hydrogen (secondary N) is 1. The van der Waals surface area contributed by atoms with Crippen molar-refractivity contribution in [2.75, 3.05) is 39.3 Å². The van der Waals surface area contributed by atoms with Crippen molar-refractivity contribution >= 4 is 34.5 Å². The molecule has 1 saturated carbocycles. The molecule has 5 rings (SSSR count). The molecule has 3 aromatic rings. The van der Waals surface area contributed by atoms with Gasteiger partial charge in [0.25, 0.3) is 11.8 Å². The Labute approximate surface area is 210 Å². The lowest BCUT2D eigenvalue weighted by atomic mass is 10.0. The fraction of sp³-hybridized carbons (Fsp3) is 0.481. The monoisotopic (exact) mass is 495 g/mol. The molecule has 2 aromatic heterocycles. The molecule has 186 valence electrons. The molecule has 0 radical (unpaired) electrons. The van der Waals surface area contributed by atoms with Crippen molar-refractivity contribution in [3.05, 3.63) is 59.7 Å². The summed E-state index contributed by atoms with van der Waals surface area (Å²) in [7, 11) is 0. The Morgan fingerprint density at radius 3 is 2.57 bits per heavy atom. The Morgan fingerprint density at radius 1 is 1.00 bits per heavy atom. The van der Waals surface area contributed by atoms with Crippen molar-refractivity contribution in [2.45, 2.75) is 43.1 Å². The number of furan rings is 2. The first-order valence-electron chi connectivity index (χ1n) is 12.6. The maximum absolute atomic E-state index is 13.5. The maximum Gasteiger partial charge on any atom is 0.290 e. The molecule has 7 nitrogen and oxygen atoms in total. The molecular weight excluding hydrogens is 462 g/mol. The summed E-state index contributed by atoms with van der Waals surface area (Å²) in [5, 5.41) is 4.62. The van der Waals surface area contributed by atoms with Crippen LogP contribution >= 0.6 is 11.8 Å². The van der Waals surface area contributed by atoms with E-state index in [9.17, 15) is 9.59 Å². The number of amides is 2. The van der Waals surface area contributed by atoms with Gasteiger partial charge in [0, 0.05) is 61.2 Å². The minimum absolute atomic E-state index is 0.00813. The first-order valence-corrected chi connectivity index (χ1v) is 13.7. The number of carbonyl (C=O) groups is 2. The third-order valence-electron chi connectivity index (χ3n) is 7.03. The third kappa shape index (κ3) is 5.76. The molecule has 35 heavy (non-hydrogen) atoms. The second-order valence-electron chi connectivity index (χ2n) is 9.34. The Kier molecular flexibility index (Phi) is 7.79. The van der Waals surface area contributed by atoms with E-state index in [0.717, 1.165) is 41.9 Å². The molecule has 2 fully saturated rings. The highest BCUT2D eigenvalue weighted by Crippen LogP contribution is 2.35. The summed E-state index contributed by atoms with van der Waals surface area (Å²) in [5.41, 5.74) is 1.84. The van der Waals surface area contributed by atoms with Crippen LogP contribution in [-0.2, 0) is 5.75 Å². The van der Waals surface area contributed by atoms with Gasteiger partial charge in [-0.05, 0) is 31.0 Å². The number of para-hydroxylation sites is 1. The number of carbonyl (C=O) groups excluding carboxylic acids is 2. The van der Waals surface area contributed by atoms with Gasteiger partial charge in [-0.25, -0.2) is 0 Å². The van der Waals surface area contributed by atoms with E-state index in [1.54, 1.807) is 12.1 Å². The molecular formula is C27H33N3O4S. The van der Waals surface area contributed by atoms with Crippen LogP contribution in [0, 0.1) is 0 Å². The lowest BCUT2D eigenvalue weighted by Gasteiger charge is -2.34. The number of benzene rings is 1. The molecule has 0 bridgehead atoms. The molecule has 3 heterocycles. The quantitative estimate of drug-likeness (QED) is 0.485. The average molecular weight is 496 g/mol. The Bertz CT molecular complexity index is 1130. The first-order chi connectivity index (χ1) is 17.2. The van der Waals surface area contributed by atoms with Crippen molar-refractivity contribution in [3.8, 4) is 0 Å². The predicted octanol–water partition coefficient (Wildman–Crippen LogP) is 4.78. The van der Waals surface area contributed by atoms with Crippen LogP contribution in [0.2, 0.25) is 0 Å². The van der Waals surface area contributed by atoms with Gasteiger partial charge in [0.15, 0.2) is 11.5 Å². The van der Waals surface area contributed by atoms with Crippen molar-refractivity contribution in [3.63, 3.8) is 0 Å². The minimum atomic E-state index is -0.202. The number of rotatable bonds is 8. The van der Waals surface area contributed by atoms with E-state index in [0.29, 0.717) is 36.4 Å². The SMILES string of the molecule is O=C(NCCN1CCN(C(=O)c2oc3ccccc3c2CSC2CCCCC2)CC1)c1ccco1. The Balaban J connectivity index is 1.17. The van der Waals surface area contributed by atoms with E-state index in [-0.39, 0.29) is 11.8 Å². The molecule has 2 aliphatic rings. The molecule has 0 atom stereocenters. The lowest BCUT2D eigenvalue weighted by molar-refractivity contribution is 0.0608. The molecule has 0 spiro atoms. The molecule has 1 aliphatic carbocycles. The summed E-state index contributed by atoms with van der Waals surface area (Å²) in [4.78, 5) is 29.7. The van der Waals surface area contributed by atoms with E-state index in [4.69, 9.17) is 8.83 Å². The molecule has 1 N–H and O–H groups in total. The number of thioether (sulfide) groups is 1. The van der Waals surface area contributed by atoms with Gasteiger partial charge in [0.2, 0.25) is 0 Å². The van der Waals surface area contributed by atoms with Crippen LogP contribution in [0.15, 0.2) is 51.5 Å². The molecule has 1 saturated heterocycles. The van der Waals surface area contributed by atoms with Crippen molar-refractivity contribution in [2.24, 2.45) is 0 Å². The zero-order valence-electron chi connectivity index (χ0n) is 20.0. The van der Waals surface area contributed by atoms with E-state index < -0.39 is 0 Å². The van der Waals surface area contributed by atoms with Crippen LogP contribution in [0.5, 0.6) is 0 Å². The smallest absolute Gasteiger partial charge is 0.290 e. The zero-order valence-corrected chi connectivity index (χ0v) is 20.9. The summed E-state index contributed by atoms with van der Waals surface area (Å²) in [5.74, 6) is 1.44. The van der Waals surface area contributed by atoms with Gasteiger partial charge in [-0.2, -0.15) is 11.8 Å². The number of nitrogens with zero attached hydrogens (tertiary/aromatic N) is 2. The zero-order chi connectivity index (χ0) is 24.0. The van der Waals surface area contributed by atoms with Crippen LogP contribution in [0.25, 0.3) is 11.0 Å². The van der Waals surface area contributed by atoms with Gasteiger partial charge in [-0.1, -0.05) is 37.5 Å². The highest BCUT2D eigenvalue weighted by molar-refractivity contribution is 7.99. The van der Waals surface area contributed by atoms with Crippen LogP contribution in [-0.4, -0.2) is 66.1 Å². The second-order valence-corrected chi connectivity index (χ2v) is 10.6. The van der Waals surface area contributed by atoms with Crippen LogP contribution in [0.1, 0.15) is 58.8 Å². The maximum atomic E-state index is 13.5. The van der Waals surface area contributed by atoms with Gasteiger partial charge < -0.3 is 19.1 Å². The van der Waals surface area contributed by atoms with Gasteiger partial charge in [0.1, 0.15) is 5.58 Å². The highest BCUT2D eigenvalue weighted by atomic mass is 32.2. The summed E-state index contributed by atoms with van der Waals surface area (Å²) in [6.45, 7) is 4.12. The van der Waals surface area contributed by atoms with Crippen LogP contribution < -0.4 is 5.32 Å². The number of piperazine rings is 1. The Hall–Kier alpha value is -2.71. The fourth-order valence-corrected chi connectivity index (χ4v) is 6.34. The van der Waals surface area contributed by atoms with Crippen LogP contribution in [0.3, 0.4) is 0 Å². The van der Waals surface area contributed by atoms with Gasteiger partial charge in [-0.3, -0.25) is 14.5 Å². The van der Waals surface area contributed by atoms with Crippen LogP contribution in [0.4, 0.5) is 0 Å². The molecule has 2 amide bonds. The van der Waals surface area contributed by atoms with Crippen molar-refractivity contribution in [1.29, 1.82) is 0 Å². The fourth-order valence-electron chi connectivity index (χ4n) is 4.99. The summed E-state index contributed by atoms with van der Waals surface area (Å²) >= 11 is 1.98. The van der Waals surface area contributed by atoms with E-state index in [1.165, 1.54) is 38.4 Å². The number of hydrogen-bond acceptors (Lipinski definition) is 6. The summed E-state index contributed by atoms with van der Waals surface area (Å²) in [6, 6.07) is 11.4. The lowest BCUT2D eigenvalue weighted by Crippen LogP contribution is -2.50. The first kappa shape index (κ1) is 24.0. The standard InChI is InChI=1S/C27H33N3O4S/c31-26(24-11-6-18-33-24)28-12-13-29-14-16-30(17-15-29)27(32)25-22(19-35-20-7-2-1-3-8-20)21-9-4-5-10-23(21)34-25/h4-6,9-11,18,20H,1-3,7-8,12-17,19H2,(H,28,31). The van der Waals surface area contributed by atoms with E-state index in [2.05, 4.69) is 16.3 Å². The Morgan fingerprint density at radius 2 is 1.80 bits per heavy atom. The second kappa shape index (κ2) is 11.4. The van der Waals surface area contributed by atoms with E-state index in [1.807, 2.05) is 34.9 Å². The number of hydrogen-bond donors (Lipinski definition) is 1. The summed E-state index contributed by atoms with van der Waals surface area (Å²) in [6.07, 6.45) is 8.01. The molecule has 0 unspecified atom stereocenters. The van der Waals surface area contributed by atoms with Gasteiger partial charge in [-0.15, -0.1) is 0 Å². The van der Waals surface area contributed by atoms with Gasteiger partial charge in [0.05, 0.1) is 6.26 Å². The largest absolute Gasteiger partial charge is 0.459 e. The minimum Gasteiger partial charge on any atom is -0.459 e. The molecule has 8 heteroatoms. The molecule has 1 aromatic carbocycles. The highest BCUT2D eigenvalue weighted by Gasteiger charge is 2.28. The third-order valence-corrected chi connectivity index (χ3v) is 8.42. The summed E-state index contributed by atoms with van der Waals surface area (Å²) < 4.78 is 11.3. The number of fused-ring (bicyclic) bond motifs is 1. The normalized spacial score (nSPS) is 17.7. The van der Waals surface area contributed by atoms with Crippen molar-refractivity contribution < 1.29 is 18.4 Å². The topological polar surface area (TPSA) is 78.9 Å². The van der Waals surface area contributed by atoms with Gasteiger partial charge >= 0.3 is 0 Å². The van der Waals surface area contributed by atoms with Crippen molar-refractivity contribution in [1.82, 2.24) is 15.1 Å².